The first-order valence-electron chi connectivity index (χ1n) is 10.2. The van der Waals surface area contributed by atoms with Crippen molar-refractivity contribution in [3.05, 3.63) is 53.3 Å². The average molecular weight is 523 g/mol. The molecule has 8 heteroatoms. The van der Waals surface area contributed by atoms with Gasteiger partial charge in [0.05, 0.1) is 0 Å². The fourth-order valence-corrected chi connectivity index (χ4v) is 3.84. The Balaban J connectivity index is 0.00000256. The number of aromatic nitrogens is 1. The lowest BCUT2D eigenvalue weighted by Gasteiger charge is -2.36. The first kappa shape index (κ1) is 22.6. The smallest absolute Gasteiger partial charge is 0.231 e. The van der Waals surface area contributed by atoms with Gasteiger partial charge in [-0.1, -0.05) is 6.07 Å². The van der Waals surface area contributed by atoms with Crippen LogP contribution < -0.4 is 14.8 Å². The summed E-state index contributed by atoms with van der Waals surface area (Å²) in [5, 5.41) is 3.51. The van der Waals surface area contributed by atoms with Crippen molar-refractivity contribution in [2.75, 3.05) is 46.6 Å². The van der Waals surface area contributed by atoms with Gasteiger partial charge in [-0.2, -0.15) is 0 Å². The minimum absolute atomic E-state index is 0. The molecule has 7 nitrogen and oxygen atoms in total. The molecule has 0 atom stereocenters. The molecule has 4 rings (SSSR count). The summed E-state index contributed by atoms with van der Waals surface area (Å²) in [7, 11) is 1.86. The Hall–Kier alpha value is -2.07. The zero-order valence-corrected chi connectivity index (χ0v) is 20.0. The summed E-state index contributed by atoms with van der Waals surface area (Å²) in [6.45, 7) is 8.20. The van der Waals surface area contributed by atoms with Crippen molar-refractivity contribution >= 4 is 29.9 Å². The van der Waals surface area contributed by atoms with E-state index in [0.29, 0.717) is 6.79 Å². The molecular weight excluding hydrogens is 493 g/mol. The number of guanidine groups is 1. The molecule has 1 aromatic heterocycles. The monoisotopic (exact) mass is 523 g/mol. The summed E-state index contributed by atoms with van der Waals surface area (Å²) in [6, 6.07) is 8.32. The molecule has 1 aromatic carbocycles. The van der Waals surface area contributed by atoms with Gasteiger partial charge in [0.2, 0.25) is 6.79 Å². The van der Waals surface area contributed by atoms with Crippen LogP contribution in [0.3, 0.4) is 0 Å². The zero-order valence-electron chi connectivity index (χ0n) is 17.6. The summed E-state index contributed by atoms with van der Waals surface area (Å²) < 4.78 is 10.9. The van der Waals surface area contributed by atoms with Crippen LogP contribution in [0.1, 0.15) is 16.7 Å². The molecule has 0 amide bonds. The van der Waals surface area contributed by atoms with Crippen molar-refractivity contribution in [3.63, 3.8) is 0 Å². The van der Waals surface area contributed by atoms with Crippen molar-refractivity contribution < 1.29 is 9.47 Å². The van der Waals surface area contributed by atoms with Crippen molar-refractivity contribution in [2.45, 2.75) is 19.9 Å². The van der Waals surface area contributed by atoms with Crippen LogP contribution in [0.4, 0.5) is 0 Å². The van der Waals surface area contributed by atoms with E-state index in [9.17, 15) is 0 Å². The molecule has 1 N–H and O–H groups in total. The summed E-state index contributed by atoms with van der Waals surface area (Å²) in [6.07, 6.45) is 4.75. The Morgan fingerprint density at radius 3 is 2.70 bits per heavy atom. The van der Waals surface area contributed by atoms with E-state index in [0.717, 1.165) is 63.1 Å². The van der Waals surface area contributed by atoms with Crippen LogP contribution in [0.15, 0.2) is 41.7 Å². The van der Waals surface area contributed by atoms with Crippen molar-refractivity contribution in [1.82, 2.24) is 20.1 Å². The number of aliphatic imine (C=N–C) groups is 1. The molecule has 2 aliphatic rings. The number of aryl methyl sites for hydroxylation is 1. The molecule has 1 fully saturated rings. The van der Waals surface area contributed by atoms with E-state index in [1.807, 2.05) is 25.5 Å². The number of fused-ring (bicyclic) bond motifs is 1. The average Bonchev–Trinajstić information content (AvgIpc) is 3.21. The standard InChI is InChI=1S/C22H29N5O2.HI/c1-17-14-24-7-5-19(17)6-8-25-22(23-2)27-11-9-26(10-12-27)15-18-3-4-20-21(13-18)29-16-28-20;/h3-5,7,13-14H,6,8-12,15-16H2,1-2H3,(H,23,25);1H. The van der Waals surface area contributed by atoms with Crippen LogP contribution in [0.25, 0.3) is 0 Å². The number of piperazine rings is 1. The number of halogens is 1. The highest BCUT2D eigenvalue weighted by molar-refractivity contribution is 14.0. The van der Waals surface area contributed by atoms with Gasteiger partial charge in [0.1, 0.15) is 0 Å². The highest BCUT2D eigenvalue weighted by Gasteiger charge is 2.20. The first-order valence-corrected chi connectivity index (χ1v) is 10.2. The topological polar surface area (TPSA) is 62.2 Å². The number of nitrogens with one attached hydrogen (secondary N) is 1. The van der Waals surface area contributed by atoms with Crippen molar-refractivity contribution in [2.24, 2.45) is 4.99 Å². The second kappa shape index (κ2) is 10.8. The molecule has 162 valence electrons. The second-order valence-electron chi connectivity index (χ2n) is 7.48. The Bertz CT molecular complexity index is 868. The van der Waals surface area contributed by atoms with E-state index in [1.165, 1.54) is 16.7 Å². The maximum Gasteiger partial charge on any atom is 0.231 e. The van der Waals surface area contributed by atoms with Gasteiger partial charge in [-0.05, 0) is 48.2 Å². The predicted molar refractivity (Wildman–Crippen MR) is 129 cm³/mol. The fourth-order valence-electron chi connectivity index (χ4n) is 3.84. The Morgan fingerprint density at radius 1 is 1.13 bits per heavy atom. The van der Waals surface area contributed by atoms with E-state index >= 15 is 0 Å². The summed E-state index contributed by atoms with van der Waals surface area (Å²) in [5.74, 6) is 2.69. The second-order valence-corrected chi connectivity index (χ2v) is 7.48. The maximum absolute atomic E-state index is 5.49. The van der Waals surface area contributed by atoms with Gasteiger partial charge in [-0.3, -0.25) is 14.9 Å². The van der Waals surface area contributed by atoms with Gasteiger partial charge >= 0.3 is 0 Å². The first-order chi connectivity index (χ1) is 14.2. The van der Waals surface area contributed by atoms with Crippen LogP contribution in [-0.4, -0.2) is 67.3 Å². The third-order valence-corrected chi connectivity index (χ3v) is 5.54. The molecule has 2 aromatic rings. The third-order valence-electron chi connectivity index (χ3n) is 5.54. The highest BCUT2D eigenvalue weighted by Crippen LogP contribution is 2.32. The number of nitrogens with zero attached hydrogens (tertiary/aromatic N) is 4. The molecule has 0 aliphatic carbocycles. The van der Waals surface area contributed by atoms with Crippen LogP contribution in [0.2, 0.25) is 0 Å². The number of pyridine rings is 1. The number of ether oxygens (including phenoxy) is 2. The zero-order chi connectivity index (χ0) is 20.1. The van der Waals surface area contributed by atoms with Crippen molar-refractivity contribution in [3.8, 4) is 11.5 Å². The molecule has 1 saturated heterocycles. The van der Waals surface area contributed by atoms with E-state index in [4.69, 9.17) is 9.47 Å². The van der Waals surface area contributed by atoms with Crippen LogP contribution in [-0.2, 0) is 13.0 Å². The van der Waals surface area contributed by atoms with Crippen LogP contribution in [0, 0.1) is 6.92 Å². The largest absolute Gasteiger partial charge is 0.454 e. The Kier molecular flexibility index (Phi) is 8.15. The number of benzene rings is 1. The maximum atomic E-state index is 5.49. The molecule has 2 aliphatic heterocycles. The van der Waals surface area contributed by atoms with Crippen molar-refractivity contribution in [1.29, 1.82) is 0 Å². The predicted octanol–water partition coefficient (Wildman–Crippen LogP) is 2.67. The normalized spacial score (nSPS) is 16.3. The van der Waals surface area contributed by atoms with Gasteiger partial charge < -0.3 is 19.7 Å². The van der Waals surface area contributed by atoms with Gasteiger partial charge in [0.25, 0.3) is 0 Å². The minimum atomic E-state index is 0. The molecule has 30 heavy (non-hydrogen) atoms. The SMILES string of the molecule is CN=C(NCCc1ccncc1C)N1CCN(Cc2ccc3c(c2)OCO3)CC1.I. The summed E-state index contributed by atoms with van der Waals surface area (Å²) >= 11 is 0. The van der Waals surface area contributed by atoms with E-state index in [1.54, 1.807) is 0 Å². The third kappa shape index (κ3) is 5.54. The molecule has 3 heterocycles. The van der Waals surface area contributed by atoms with E-state index < -0.39 is 0 Å². The number of rotatable bonds is 5. The number of hydrogen-bond donors (Lipinski definition) is 1. The van der Waals surface area contributed by atoms with Gasteiger partial charge in [0.15, 0.2) is 17.5 Å². The summed E-state index contributed by atoms with van der Waals surface area (Å²) in [5.41, 5.74) is 3.83. The molecule has 0 bridgehead atoms. The lowest BCUT2D eigenvalue weighted by molar-refractivity contribution is 0.171. The van der Waals surface area contributed by atoms with E-state index in [-0.39, 0.29) is 24.0 Å². The molecule has 0 radical (unpaired) electrons. The Labute approximate surface area is 195 Å². The van der Waals surface area contributed by atoms with Crippen LogP contribution >= 0.6 is 24.0 Å². The molecule has 0 spiro atoms. The highest BCUT2D eigenvalue weighted by atomic mass is 127. The van der Waals surface area contributed by atoms with Gasteiger partial charge in [-0.15, -0.1) is 24.0 Å². The van der Waals surface area contributed by atoms with Crippen LogP contribution in [0.5, 0.6) is 11.5 Å². The number of hydrogen-bond acceptors (Lipinski definition) is 5. The summed E-state index contributed by atoms with van der Waals surface area (Å²) in [4.78, 5) is 13.5. The Morgan fingerprint density at radius 2 is 1.93 bits per heavy atom. The quantitative estimate of drug-likeness (QED) is 0.370. The molecular formula is C22H30IN5O2. The lowest BCUT2D eigenvalue weighted by Crippen LogP contribution is -2.52. The van der Waals surface area contributed by atoms with E-state index in [2.05, 4.69) is 50.2 Å². The van der Waals surface area contributed by atoms with Gasteiger partial charge in [0, 0.05) is 58.7 Å². The molecule has 0 unspecified atom stereocenters. The minimum Gasteiger partial charge on any atom is -0.454 e. The fraction of sp³-hybridized carbons (Fsp3) is 0.455. The van der Waals surface area contributed by atoms with Gasteiger partial charge in [-0.25, -0.2) is 0 Å². The lowest BCUT2D eigenvalue weighted by atomic mass is 10.1. The molecule has 0 saturated carbocycles.